The smallest absolute Gasteiger partial charge is 0.295 e. The quantitative estimate of drug-likeness (QED) is 0.234. The van der Waals surface area contributed by atoms with Gasteiger partial charge in [-0.15, -0.1) is 0 Å². The minimum absolute atomic E-state index is 0.207. The van der Waals surface area contributed by atoms with Gasteiger partial charge < -0.3 is 11.5 Å². The van der Waals surface area contributed by atoms with Crippen LogP contribution in [0.5, 0.6) is 0 Å². The topological polar surface area (TPSA) is 161 Å². The average molecular weight is 497 g/mol. The van der Waals surface area contributed by atoms with E-state index in [4.69, 9.17) is 11.5 Å². The van der Waals surface area contributed by atoms with Crippen molar-refractivity contribution in [1.82, 2.24) is 0 Å². The molecule has 174 valence electrons. The maximum absolute atomic E-state index is 12.1. The molecule has 8 nitrogen and oxygen atoms in total. The Labute approximate surface area is 197 Å². The lowest BCUT2D eigenvalue weighted by atomic mass is 9.88. The standard InChI is InChI=1S/C24H20N2O6S2/c25-15-9-11-17(21(13-15)19-5-1-3-7-23(19)33(27,28)29)18-12-10-16(26)14-22(18)20-6-2-4-8-24(20)34(30,31)32/h1-14H,25-26H2,(H,27,28,29)(H,30,31,32). The molecule has 4 aromatic carbocycles. The van der Waals surface area contributed by atoms with E-state index in [0.29, 0.717) is 33.6 Å². The van der Waals surface area contributed by atoms with Crippen LogP contribution in [0.25, 0.3) is 33.4 Å². The summed E-state index contributed by atoms with van der Waals surface area (Å²) in [7, 11) is -9.12. The van der Waals surface area contributed by atoms with Gasteiger partial charge in [-0.1, -0.05) is 48.5 Å². The van der Waals surface area contributed by atoms with Gasteiger partial charge in [0.2, 0.25) is 0 Å². The van der Waals surface area contributed by atoms with Crippen molar-refractivity contribution in [1.29, 1.82) is 0 Å². The van der Waals surface area contributed by atoms with Gasteiger partial charge in [0.15, 0.2) is 0 Å². The minimum Gasteiger partial charge on any atom is -0.399 e. The molecule has 0 atom stereocenters. The van der Waals surface area contributed by atoms with E-state index in [2.05, 4.69) is 0 Å². The summed E-state index contributed by atoms with van der Waals surface area (Å²) < 4.78 is 67.8. The molecule has 34 heavy (non-hydrogen) atoms. The molecule has 0 fully saturated rings. The van der Waals surface area contributed by atoms with Crippen molar-refractivity contribution >= 4 is 31.6 Å². The average Bonchev–Trinajstić information content (AvgIpc) is 2.78. The van der Waals surface area contributed by atoms with Crippen molar-refractivity contribution < 1.29 is 25.9 Å². The second kappa shape index (κ2) is 8.58. The molecule has 0 bridgehead atoms. The van der Waals surface area contributed by atoms with E-state index in [1.807, 2.05) is 0 Å². The van der Waals surface area contributed by atoms with Crippen LogP contribution >= 0.6 is 0 Å². The van der Waals surface area contributed by atoms with Crippen LogP contribution in [0, 0.1) is 0 Å². The number of hydrogen-bond acceptors (Lipinski definition) is 6. The lowest BCUT2D eigenvalue weighted by Crippen LogP contribution is -2.03. The third-order valence-electron chi connectivity index (χ3n) is 5.29. The van der Waals surface area contributed by atoms with Crippen LogP contribution < -0.4 is 11.5 Å². The zero-order valence-corrected chi connectivity index (χ0v) is 19.2. The molecule has 0 unspecified atom stereocenters. The Bertz CT molecular complexity index is 1510. The first-order valence-corrected chi connectivity index (χ1v) is 12.8. The molecular weight excluding hydrogens is 476 g/mol. The van der Waals surface area contributed by atoms with Crippen LogP contribution in [0.1, 0.15) is 0 Å². The predicted octanol–water partition coefficient (Wildman–Crippen LogP) is 4.35. The highest BCUT2D eigenvalue weighted by molar-refractivity contribution is 7.86. The lowest BCUT2D eigenvalue weighted by Gasteiger charge is -2.18. The van der Waals surface area contributed by atoms with Crippen molar-refractivity contribution in [2.24, 2.45) is 0 Å². The Morgan fingerprint density at radius 1 is 0.471 bits per heavy atom. The predicted molar refractivity (Wildman–Crippen MR) is 131 cm³/mol. The van der Waals surface area contributed by atoms with E-state index >= 15 is 0 Å². The first kappa shape index (κ1) is 23.5. The van der Waals surface area contributed by atoms with E-state index in [1.165, 1.54) is 36.4 Å². The Morgan fingerprint density at radius 2 is 0.824 bits per heavy atom. The van der Waals surface area contributed by atoms with Crippen LogP contribution in [0.4, 0.5) is 11.4 Å². The number of rotatable bonds is 5. The fourth-order valence-electron chi connectivity index (χ4n) is 3.87. The highest BCUT2D eigenvalue weighted by Crippen LogP contribution is 2.42. The molecule has 0 aliphatic heterocycles. The fraction of sp³-hybridized carbons (Fsp3) is 0. The molecule has 0 aliphatic rings. The summed E-state index contributed by atoms with van der Waals surface area (Å²) in [5, 5.41) is 0. The summed E-state index contributed by atoms with van der Waals surface area (Å²) in [6, 6.07) is 21.5. The third kappa shape index (κ3) is 4.52. The maximum atomic E-state index is 12.1. The summed E-state index contributed by atoms with van der Waals surface area (Å²) in [4.78, 5) is -0.616. The molecule has 0 aliphatic carbocycles. The normalized spacial score (nSPS) is 11.9. The summed E-state index contributed by atoms with van der Waals surface area (Å²) >= 11 is 0. The van der Waals surface area contributed by atoms with Crippen LogP contribution in [-0.4, -0.2) is 25.9 Å². The molecule has 4 aromatic rings. The van der Waals surface area contributed by atoms with Gasteiger partial charge in [0.25, 0.3) is 20.2 Å². The van der Waals surface area contributed by atoms with Gasteiger partial charge in [0.1, 0.15) is 9.79 Å². The van der Waals surface area contributed by atoms with Crippen LogP contribution in [-0.2, 0) is 20.2 Å². The van der Waals surface area contributed by atoms with Crippen molar-refractivity contribution in [3.8, 4) is 33.4 Å². The van der Waals surface area contributed by atoms with Crippen molar-refractivity contribution in [3.05, 3.63) is 84.9 Å². The Hall–Kier alpha value is -3.70. The van der Waals surface area contributed by atoms with E-state index in [9.17, 15) is 25.9 Å². The van der Waals surface area contributed by atoms with E-state index in [1.54, 1.807) is 48.5 Å². The van der Waals surface area contributed by atoms with Crippen molar-refractivity contribution in [2.45, 2.75) is 9.79 Å². The highest BCUT2D eigenvalue weighted by Gasteiger charge is 2.23. The van der Waals surface area contributed by atoms with Crippen molar-refractivity contribution in [3.63, 3.8) is 0 Å². The number of anilines is 2. The highest BCUT2D eigenvalue weighted by atomic mass is 32.2. The first-order valence-electron chi connectivity index (χ1n) is 9.90. The molecule has 0 saturated carbocycles. The fourth-order valence-corrected chi connectivity index (χ4v) is 5.28. The zero-order chi connectivity index (χ0) is 24.7. The number of hydrogen-bond donors (Lipinski definition) is 4. The molecule has 10 heteroatoms. The monoisotopic (exact) mass is 496 g/mol. The van der Waals surface area contributed by atoms with Gasteiger partial charge in [-0.2, -0.15) is 16.8 Å². The number of nitrogens with two attached hydrogens (primary N) is 2. The Balaban J connectivity index is 2.09. The zero-order valence-electron chi connectivity index (χ0n) is 17.6. The molecule has 0 heterocycles. The summed E-state index contributed by atoms with van der Waals surface area (Å²) in [6.45, 7) is 0. The van der Waals surface area contributed by atoms with Gasteiger partial charge in [-0.3, -0.25) is 9.11 Å². The molecule has 0 amide bonds. The van der Waals surface area contributed by atoms with E-state index in [-0.39, 0.29) is 20.9 Å². The van der Waals surface area contributed by atoms with Gasteiger partial charge in [-0.25, -0.2) is 0 Å². The van der Waals surface area contributed by atoms with E-state index < -0.39 is 20.2 Å². The molecular formula is C24H20N2O6S2. The Morgan fingerprint density at radius 3 is 1.18 bits per heavy atom. The summed E-state index contributed by atoms with van der Waals surface area (Å²) in [6.07, 6.45) is 0. The second-order valence-corrected chi connectivity index (χ2v) is 10.3. The van der Waals surface area contributed by atoms with Gasteiger partial charge in [-0.05, 0) is 58.7 Å². The van der Waals surface area contributed by atoms with Crippen LogP contribution in [0.2, 0.25) is 0 Å². The minimum atomic E-state index is -4.56. The van der Waals surface area contributed by atoms with Gasteiger partial charge in [0, 0.05) is 22.5 Å². The second-order valence-electron chi connectivity index (χ2n) is 7.55. The third-order valence-corrected chi connectivity index (χ3v) is 7.11. The van der Waals surface area contributed by atoms with E-state index in [0.717, 1.165) is 0 Å². The SMILES string of the molecule is Nc1ccc(-c2ccc(N)cc2-c2ccccc2S(=O)(=O)O)c(-c2ccccc2S(=O)(=O)O)c1. The molecule has 6 N–H and O–H groups in total. The van der Waals surface area contributed by atoms with Crippen LogP contribution in [0.3, 0.4) is 0 Å². The lowest BCUT2D eigenvalue weighted by molar-refractivity contribution is 0.481. The summed E-state index contributed by atoms with van der Waals surface area (Å²) in [5.41, 5.74) is 14.9. The molecule has 4 rings (SSSR count). The molecule has 0 spiro atoms. The molecule has 0 radical (unpaired) electrons. The molecule has 0 aromatic heterocycles. The largest absolute Gasteiger partial charge is 0.399 e. The first-order chi connectivity index (χ1) is 16.0. The van der Waals surface area contributed by atoms with Crippen LogP contribution in [0.15, 0.2) is 94.7 Å². The van der Waals surface area contributed by atoms with Gasteiger partial charge >= 0.3 is 0 Å². The Kier molecular flexibility index (Phi) is 5.92. The number of nitrogen functional groups attached to an aromatic ring is 2. The van der Waals surface area contributed by atoms with Crippen molar-refractivity contribution in [2.75, 3.05) is 11.5 Å². The molecule has 0 saturated heterocycles. The summed E-state index contributed by atoms with van der Waals surface area (Å²) in [5.74, 6) is 0. The maximum Gasteiger partial charge on any atom is 0.295 e. The van der Waals surface area contributed by atoms with Gasteiger partial charge in [0.05, 0.1) is 0 Å². The number of benzene rings is 4.